The molecule has 3 heteroatoms. The average Bonchev–Trinajstić information content (AvgIpc) is 2.52. The first-order chi connectivity index (χ1) is 7.17. The summed E-state index contributed by atoms with van der Waals surface area (Å²) in [4.78, 5) is 2.62. The van der Waals surface area contributed by atoms with Gasteiger partial charge in [-0.2, -0.15) is 0 Å². The Labute approximate surface area is 94.2 Å². The number of hydrogen-bond donors (Lipinski definition) is 1. The Bertz CT molecular complexity index is 171. The summed E-state index contributed by atoms with van der Waals surface area (Å²) < 4.78 is 4.98. The van der Waals surface area contributed by atoms with Crippen molar-refractivity contribution in [1.82, 2.24) is 10.2 Å². The first kappa shape index (κ1) is 12.9. The molecule has 1 heterocycles. The monoisotopic (exact) mass is 214 g/mol. The summed E-state index contributed by atoms with van der Waals surface area (Å²) in [5.74, 6) is 0. The van der Waals surface area contributed by atoms with Gasteiger partial charge in [-0.25, -0.2) is 0 Å². The van der Waals surface area contributed by atoms with Gasteiger partial charge in [0.25, 0.3) is 0 Å². The minimum absolute atomic E-state index is 0.437. The van der Waals surface area contributed by atoms with E-state index in [0.717, 1.165) is 19.7 Å². The van der Waals surface area contributed by atoms with Crippen LogP contribution in [-0.4, -0.2) is 50.3 Å². The highest BCUT2D eigenvalue weighted by Gasteiger charge is 2.30. The fourth-order valence-electron chi connectivity index (χ4n) is 2.27. The molecule has 0 unspecified atom stereocenters. The summed E-state index contributed by atoms with van der Waals surface area (Å²) in [6.45, 7) is 10.1. The first-order valence-corrected chi connectivity index (χ1v) is 6.11. The molecule has 0 saturated carbocycles. The molecule has 0 aliphatic carbocycles. The third-order valence-corrected chi connectivity index (χ3v) is 3.34. The van der Waals surface area contributed by atoms with Crippen LogP contribution in [0.5, 0.6) is 0 Å². The van der Waals surface area contributed by atoms with Crippen molar-refractivity contribution < 1.29 is 4.74 Å². The number of ether oxygens (including phenoxy) is 1. The van der Waals surface area contributed by atoms with Gasteiger partial charge in [-0.3, -0.25) is 4.90 Å². The predicted octanol–water partition coefficient (Wildman–Crippen LogP) is 1.49. The fourth-order valence-corrected chi connectivity index (χ4v) is 2.27. The Morgan fingerprint density at radius 2 is 2.13 bits per heavy atom. The molecule has 1 fully saturated rings. The smallest absolute Gasteiger partial charge is 0.0587 e. The molecule has 90 valence electrons. The molecular formula is C12H26N2O. The van der Waals surface area contributed by atoms with Crippen molar-refractivity contribution in [2.45, 2.75) is 38.6 Å². The quantitative estimate of drug-likeness (QED) is 0.650. The van der Waals surface area contributed by atoms with E-state index in [0.29, 0.717) is 5.54 Å². The van der Waals surface area contributed by atoms with Crippen molar-refractivity contribution in [3.63, 3.8) is 0 Å². The Morgan fingerprint density at radius 1 is 1.33 bits per heavy atom. The van der Waals surface area contributed by atoms with Crippen LogP contribution in [0.15, 0.2) is 0 Å². The second kappa shape index (κ2) is 6.46. The third-order valence-electron chi connectivity index (χ3n) is 3.34. The molecule has 0 amide bonds. The molecule has 1 rings (SSSR count). The lowest BCUT2D eigenvalue weighted by Crippen LogP contribution is -2.39. The molecule has 0 radical (unpaired) electrons. The van der Waals surface area contributed by atoms with Crippen LogP contribution in [0, 0.1) is 0 Å². The Balaban J connectivity index is 2.00. The van der Waals surface area contributed by atoms with E-state index in [1.54, 1.807) is 7.11 Å². The minimum atomic E-state index is 0.437. The van der Waals surface area contributed by atoms with Crippen molar-refractivity contribution >= 4 is 0 Å². The van der Waals surface area contributed by atoms with Crippen LogP contribution < -0.4 is 5.32 Å². The number of nitrogens with zero attached hydrogens (tertiary/aromatic N) is 1. The number of hydrogen-bond acceptors (Lipinski definition) is 3. The van der Waals surface area contributed by atoms with Crippen LogP contribution in [0.2, 0.25) is 0 Å². The second-order valence-electron chi connectivity index (χ2n) is 5.00. The van der Waals surface area contributed by atoms with Crippen LogP contribution in [0.3, 0.4) is 0 Å². The summed E-state index contributed by atoms with van der Waals surface area (Å²) in [5, 5.41) is 3.39. The molecule has 3 nitrogen and oxygen atoms in total. The summed E-state index contributed by atoms with van der Waals surface area (Å²) in [7, 11) is 1.74. The predicted molar refractivity (Wildman–Crippen MR) is 64.2 cm³/mol. The van der Waals surface area contributed by atoms with Gasteiger partial charge in [0.1, 0.15) is 0 Å². The topological polar surface area (TPSA) is 24.5 Å². The zero-order valence-corrected chi connectivity index (χ0v) is 10.5. The van der Waals surface area contributed by atoms with Gasteiger partial charge in [-0.05, 0) is 52.7 Å². The van der Waals surface area contributed by atoms with Gasteiger partial charge in [0.15, 0.2) is 0 Å². The zero-order chi connectivity index (χ0) is 11.1. The van der Waals surface area contributed by atoms with Crippen molar-refractivity contribution in [3.05, 3.63) is 0 Å². The fraction of sp³-hybridized carbons (Fsp3) is 1.00. The largest absolute Gasteiger partial charge is 0.383 e. The van der Waals surface area contributed by atoms with Crippen LogP contribution >= 0.6 is 0 Å². The molecule has 0 atom stereocenters. The van der Waals surface area contributed by atoms with Crippen LogP contribution in [0.4, 0.5) is 0 Å². The average molecular weight is 214 g/mol. The lowest BCUT2D eigenvalue weighted by Gasteiger charge is -2.31. The summed E-state index contributed by atoms with van der Waals surface area (Å²) in [6, 6.07) is 0. The minimum Gasteiger partial charge on any atom is -0.383 e. The third kappa shape index (κ3) is 4.49. The van der Waals surface area contributed by atoms with Crippen LogP contribution in [0.25, 0.3) is 0 Å². The Morgan fingerprint density at radius 3 is 2.73 bits per heavy atom. The van der Waals surface area contributed by atoms with Gasteiger partial charge >= 0.3 is 0 Å². The first-order valence-electron chi connectivity index (χ1n) is 6.11. The maximum absolute atomic E-state index is 4.98. The van der Waals surface area contributed by atoms with Gasteiger partial charge in [0.2, 0.25) is 0 Å². The van der Waals surface area contributed by atoms with Crippen molar-refractivity contribution in [2.24, 2.45) is 0 Å². The van der Waals surface area contributed by atoms with Crippen LogP contribution in [-0.2, 0) is 4.74 Å². The number of likely N-dealkylation sites (tertiary alicyclic amines) is 1. The summed E-state index contributed by atoms with van der Waals surface area (Å²) in [5.41, 5.74) is 0.437. The van der Waals surface area contributed by atoms with E-state index in [1.165, 1.54) is 32.4 Å². The SMILES string of the molecule is COCCNCCCN1CCCC1(C)C. The molecule has 0 bridgehead atoms. The van der Waals surface area contributed by atoms with Crippen LogP contribution in [0.1, 0.15) is 33.1 Å². The molecule has 0 aromatic carbocycles. The summed E-state index contributed by atoms with van der Waals surface area (Å²) >= 11 is 0. The lowest BCUT2D eigenvalue weighted by atomic mass is 10.0. The molecular weight excluding hydrogens is 188 g/mol. The maximum atomic E-state index is 4.98. The normalized spacial score (nSPS) is 21.0. The molecule has 1 N–H and O–H groups in total. The van der Waals surface area contributed by atoms with E-state index < -0.39 is 0 Å². The van der Waals surface area contributed by atoms with Crippen molar-refractivity contribution in [2.75, 3.05) is 39.9 Å². The van der Waals surface area contributed by atoms with Crippen molar-refractivity contribution in [3.8, 4) is 0 Å². The van der Waals surface area contributed by atoms with Gasteiger partial charge in [0, 0.05) is 19.2 Å². The lowest BCUT2D eigenvalue weighted by molar-refractivity contribution is 0.170. The molecule has 0 spiro atoms. The maximum Gasteiger partial charge on any atom is 0.0587 e. The highest BCUT2D eigenvalue weighted by atomic mass is 16.5. The van der Waals surface area contributed by atoms with E-state index in [4.69, 9.17) is 4.74 Å². The van der Waals surface area contributed by atoms with E-state index in [1.807, 2.05) is 0 Å². The van der Waals surface area contributed by atoms with E-state index in [-0.39, 0.29) is 0 Å². The Hall–Kier alpha value is -0.120. The van der Waals surface area contributed by atoms with Gasteiger partial charge in [0.05, 0.1) is 6.61 Å². The molecule has 1 aliphatic heterocycles. The molecule has 0 aromatic rings. The highest BCUT2D eigenvalue weighted by molar-refractivity contribution is 4.87. The number of rotatable bonds is 7. The van der Waals surface area contributed by atoms with Gasteiger partial charge in [-0.15, -0.1) is 0 Å². The van der Waals surface area contributed by atoms with E-state index >= 15 is 0 Å². The standard InChI is InChI=1S/C12H26N2O/c1-12(2)6-4-9-14(12)10-5-7-13-8-11-15-3/h13H,4-11H2,1-3H3. The molecule has 0 aromatic heterocycles. The molecule has 1 aliphatic rings. The van der Waals surface area contributed by atoms with Gasteiger partial charge < -0.3 is 10.1 Å². The van der Waals surface area contributed by atoms with E-state index in [2.05, 4.69) is 24.1 Å². The van der Waals surface area contributed by atoms with E-state index in [9.17, 15) is 0 Å². The molecule has 1 saturated heterocycles. The Kier molecular flexibility index (Phi) is 5.58. The van der Waals surface area contributed by atoms with Gasteiger partial charge in [-0.1, -0.05) is 0 Å². The van der Waals surface area contributed by atoms with Crippen molar-refractivity contribution in [1.29, 1.82) is 0 Å². The highest BCUT2D eigenvalue weighted by Crippen LogP contribution is 2.27. The number of methoxy groups -OCH3 is 1. The second-order valence-corrected chi connectivity index (χ2v) is 5.00. The summed E-state index contributed by atoms with van der Waals surface area (Å²) in [6.07, 6.45) is 3.96. The number of nitrogens with one attached hydrogen (secondary N) is 1. The zero-order valence-electron chi connectivity index (χ0n) is 10.5. The molecule has 15 heavy (non-hydrogen) atoms.